The van der Waals surface area contributed by atoms with Crippen molar-refractivity contribution in [3.63, 3.8) is 0 Å². The second kappa shape index (κ2) is 5.55. The molecule has 1 N–H and O–H groups in total. The maximum absolute atomic E-state index is 13.1. The van der Waals surface area contributed by atoms with Gasteiger partial charge in [-0.2, -0.15) is 4.31 Å². The van der Waals surface area contributed by atoms with Crippen LogP contribution in [0.25, 0.3) is 0 Å². The van der Waals surface area contributed by atoms with Crippen molar-refractivity contribution in [1.82, 2.24) is 4.31 Å². The number of aliphatic carboxylic acids is 1. The molecule has 2 rings (SSSR count). The Bertz CT molecular complexity index is 679. The van der Waals surface area contributed by atoms with Gasteiger partial charge in [-0.3, -0.25) is 4.79 Å². The Balaban J connectivity index is 2.33. The van der Waals surface area contributed by atoms with E-state index in [1.165, 1.54) is 0 Å². The molecule has 0 spiro atoms. The average molecular weight is 336 g/mol. The predicted octanol–water partition coefficient (Wildman–Crippen LogP) is 2.35. The summed E-state index contributed by atoms with van der Waals surface area (Å²) in [5.41, 5.74) is -1.06. The van der Waals surface area contributed by atoms with Gasteiger partial charge in [-0.15, -0.1) is 0 Å². The van der Waals surface area contributed by atoms with E-state index in [1.54, 1.807) is 6.92 Å². The zero-order valence-corrected chi connectivity index (χ0v) is 12.9. The highest BCUT2D eigenvalue weighted by Gasteiger charge is 2.47. The standard InChI is InChI=1S/C13H15ClFNO4S/c1-2-13(12(17)18)5-6-16(8-13)21(19,20)9-3-4-11(15)10(14)7-9/h3-4,7H,2,5-6,8H2,1H3,(H,17,18). The average Bonchev–Trinajstić information content (AvgIpc) is 2.88. The Hall–Kier alpha value is -1.18. The summed E-state index contributed by atoms with van der Waals surface area (Å²) < 4.78 is 39.2. The third-order valence-electron chi connectivity index (χ3n) is 3.98. The summed E-state index contributed by atoms with van der Waals surface area (Å²) in [6.07, 6.45) is 0.603. The number of hydrogen-bond donors (Lipinski definition) is 1. The Morgan fingerprint density at radius 2 is 2.19 bits per heavy atom. The van der Waals surface area contributed by atoms with E-state index in [1.807, 2.05) is 0 Å². The van der Waals surface area contributed by atoms with E-state index in [4.69, 9.17) is 11.6 Å². The van der Waals surface area contributed by atoms with Crippen molar-refractivity contribution >= 4 is 27.6 Å². The predicted molar refractivity (Wildman–Crippen MR) is 75.1 cm³/mol. The minimum Gasteiger partial charge on any atom is -0.481 e. The van der Waals surface area contributed by atoms with Crippen LogP contribution < -0.4 is 0 Å². The van der Waals surface area contributed by atoms with Crippen molar-refractivity contribution in [2.24, 2.45) is 5.41 Å². The first-order valence-corrected chi connectivity index (χ1v) is 8.23. The Morgan fingerprint density at radius 3 is 2.67 bits per heavy atom. The quantitative estimate of drug-likeness (QED) is 0.916. The van der Waals surface area contributed by atoms with Crippen LogP contribution in [0.3, 0.4) is 0 Å². The summed E-state index contributed by atoms with van der Waals surface area (Å²) in [5.74, 6) is -1.70. The van der Waals surface area contributed by atoms with Crippen molar-refractivity contribution in [2.45, 2.75) is 24.7 Å². The molecule has 5 nitrogen and oxygen atoms in total. The Kier molecular flexibility index (Phi) is 4.28. The molecule has 1 saturated heterocycles. The van der Waals surface area contributed by atoms with Crippen molar-refractivity contribution in [2.75, 3.05) is 13.1 Å². The first-order valence-electron chi connectivity index (χ1n) is 6.41. The Morgan fingerprint density at radius 1 is 1.52 bits per heavy atom. The van der Waals surface area contributed by atoms with E-state index in [9.17, 15) is 22.7 Å². The van der Waals surface area contributed by atoms with Crippen LogP contribution in [-0.2, 0) is 14.8 Å². The highest BCUT2D eigenvalue weighted by molar-refractivity contribution is 7.89. The largest absolute Gasteiger partial charge is 0.481 e. The van der Waals surface area contributed by atoms with Crippen LogP contribution in [0, 0.1) is 11.2 Å². The van der Waals surface area contributed by atoms with Gasteiger partial charge in [-0.05, 0) is 31.0 Å². The second-order valence-corrected chi connectivity index (χ2v) is 7.45. The van der Waals surface area contributed by atoms with Gasteiger partial charge in [0.1, 0.15) is 5.82 Å². The molecule has 1 aromatic rings. The SMILES string of the molecule is CCC1(C(=O)O)CCN(S(=O)(=O)c2ccc(F)c(Cl)c2)C1. The molecular formula is C13H15ClFNO4S. The number of sulfonamides is 1. The van der Waals surface area contributed by atoms with Crippen LogP contribution in [0.1, 0.15) is 19.8 Å². The molecule has 8 heteroatoms. The van der Waals surface area contributed by atoms with Gasteiger partial charge in [0.05, 0.1) is 15.3 Å². The monoisotopic (exact) mass is 335 g/mol. The summed E-state index contributed by atoms with van der Waals surface area (Å²) in [4.78, 5) is 11.2. The molecule has 0 aliphatic carbocycles. The topological polar surface area (TPSA) is 74.7 Å². The van der Waals surface area contributed by atoms with E-state index >= 15 is 0 Å². The van der Waals surface area contributed by atoms with Gasteiger partial charge in [-0.25, -0.2) is 12.8 Å². The lowest BCUT2D eigenvalue weighted by Gasteiger charge is -2.23. The van der Waals surface area contributed by atoms with Gasteiger partial charge >= 0.3 is 5.97 Å². The van der Waals surface area contributed by atoms with E-state index in [-0.39, 0.29) is 29.4 Å². The smallest absolute Gasteiger partial charge is 0.311 e. The molecule has 1 aromatic carbocycles. The molecular weight excluding hydrogens is 321 g/mol. The molecule has 1 heterocycles. The normalized spacial score (nSPS) is 23.4. The number of halogens is 2. The van der Waals surface area contributed by atoms with Gasteiger partial charge in [0.15, 0.2) is 0 Å². The molecule has 21 heavy (non-hydrogen) atoms. The summed E-state index contributed by atoms with van der Waals surface area (Å²) >= 11 is 5.61. The highest BCUT2D eigenvalue weighted by atomic mass is 35.5. The van der Waals surface area contributed by atoms with Crippen LogP contribution in [0.4, 0.5) is 4.39 Å². The molecule has 0 aromatic heterocycles. The summed E-state index contributed by atoms with van der Waals surface area (Å²) in [7, 11) is -3.87. The fourth-order valence-corrected chi connectivity index (χ4v) is 4.24. The first-order chi connectivity index (χ1) is 9.73. The third-order valence-corrected chi connectivity index (χ3v) is 6.11. The van der Waals surface area contributed by atoms with Crippen molar-refractivity contribution < 1.29 is 22.7 Å². The number of carbonyl (C=O) groups is 1. The summed E-state index contributed by atoms with van der Waals surface area (Å²) in [6.45, 7) is 1.76. The van der Waals surface area contributed by atoms with Gasteiger partial charge in [0, 0.05) is 13.1 Å². The van der Waals surface area contributed by atoms with E-state index in [2.05, 4.69) is 0 Å². The minimum atomic E-state index is -3.87. The molecule has 1 fully saturated rings. The van der Waals surface area contributed by atoms with Gasteiger partial charge in [0.2, 0.25) is 10.0 Å². The molecule has 116 valence electrons. The van der Waals surface area contributed by atoms with Crippen molar-refractivity contribution in [1.29, 1.82) is 0 Å². The Labute approximate surface area is 127 Å². The lowest BCUT2D eigenvalue weighted by atomic mass is 9.85. The number of rotatable bonds is 4. The molecule has 0 bridgehead atoms. The lowest BCUT2D eigenvalue weighted by Crippen LogP contribution is -2.36. The molecule has 0 radical (unpaired) electrons. The number of carboxylic acids is 1. The number of hydrogen-bond acceptors (Lipinski definition) is 3. The van der Waals surface area contributed by atoms with Crippen LogP contribution >= 0.6 is 11.6 Å². The zero-order valence-electron chi connectivity index (χ0n) is 11.3. The number of nitrogens with zero attached hydrogens (tertiary/aromatic N) is 1. The molecule has 1 aliphatic rings. The van der Waals surface area contributed by atoms with Gasteiger partial charge in [-0.1, -0.05) is 18.5 Å². The van der Waals surface area contributed by atoms with Crippen LogP contribution in [0.15, 0.2) is 23.1 Å². The fourth-order valence-electron chi connectivity index (χ4n) is 2.44. The van der Waals surface area contributed by atoms with E-state index < -0.39 is 27.2 Å². The first kappa shape index (κ1) is 16.2. The molecule has 1 unspecified atom stereocenters. The molecule has 0 saturated carbocycles. The lowest BCUT2D eigenvalue weighted by molar-refractivity contribution is -0.148. The van der Waals surface area contributed by atoms with Gasteiger partial charge < -0.3 is 5.11 Å². The van der Waals surface area contributed by atoms with Gasteiger partial charge in [0.25, 0.3) is 0 Å². The third kappa shape index (κ3) is 2.77. The van der Waals surface area contributed by atoms with E-state index in [0.29, 0.717) is 6.42 Å². The summed E-state index contributed by atoms with van der Waals surface area (Å²) in [6, 6.07) is 3.15. The van der Waals surface area contributed by atoms with Crippen LogP contribution in [0.5, 0.6) is 0 Å². The second-order valence-electron chi connectivity index (χ2n) is 5.10. The van der Waals surface area contributed by atoms with Crippen molar-refractivity contribution in [3.8, 4) is 0 Å². The highest BCUT2D eigenvalue weighted by Crippen LogP contribution is 2.37. The maximum Gasteiger partial charge on any atom is 0.311 e. The molecule has 1 aliphatic heterocycles. The molecule has 1 atom stereocenters. The van der Waals surface area contributed by atoms with E-state index in [0.717, 1.165) is 22.5 Å². The van der Waals surface area contributed by atoms with Crippen LogP contribution in [-0.4, -0.2) is 36.9 Å². The fraction of sp³-hybridized carbons (Fsp3) is 0.462. The number of benzene rings is 1. The minimum absolute atomic E-state index is 0.0871. The van der Waals surface area contributed by atoms with Crippen molar-refractivity contribution in [3.05, 3.63) is 29.0 Å². The number of carboxylic acid groups (broad SMARTS) is 1. The summed E-state index contributed by atoms with van der Waals surface area (Å²) in [5, 5.41) is 9.02. The maximum atomic E-state index is 13.1. The zero-order chi connectivity index (χ0) is 15.8. The molecule has 0 amide bonds. The van der Waals surface area contributed by atoms with Crippen LogP contribution in [0.2, 0.25) is 5.02 Å².